The van der Waals surface area contributed by atoms with Crippen LogP contribution in [0.2, 0.25) is 0 Å². The number of hydrogen-bond donors (Lipinski definition) is 0. The zero-order valence-electron chi connectivity index (χ0n) is 15.4. The van der Waals surface area contributed by atoms with E-state index in [4.69, 9.17) is 9.47 Å². The minimum atomic E-state index is -0.299. The second-order valence-corrected chi connectivity index (χ2v) is 7.61. The van der Waals surface area contributed by atoms with Crippen molar-refractivity contribution in [2.75, 3.05) is 6.61 Å². The van der Waals surface area contributed by atoms with Crippen LogP contribution in [0.25, 0.3) is 0 Å². The summed E-state index contributed by atoms with van der Waals surface area (Å²) in [6, 6.07) is 0. The van der Waals surface area contributed by atoms with E-state index in [1.165, 1.54) is 6.42 Å². The summed E-state index contributed by atoms with van der Waals surface area (Å²) in [6.45, 7) is 4.77. The molecule has 0 aromatic heterocycles. The molecule has 2 aliphatic rings. The molecule has 4 unspecified atom stereocenters. The molecule has 24 heavy (non-hydrogen) atoms. The molecule has 2 rings (SSSR count). The molecule has 0 N–H and O–H groups in total. The van der Waals surface area contributed by atoms with Gasteiger partial charge in [0, 0.05) is 0 Å². The summed E-state index contributed by atoms with van der Waals surface area (Å²) < 4.78 is 11.2. The van der Waals surface area contributed by atoms with Crippen LogP contribution >= 0.6 is 0 Å². The average molecular weight is 338 g/mol. The van der Waals surface area contributed by atoms with Crippen LogP contribution in [-0.2, 0) is 19.1 Å². The third kappa shape index (κ3) is 5.49. The SMILES string of the molecule is CCCCCOC(=O)C1CCCCC1C(=O)OC1CCCCC1C. The van der Waals surface area contributed by atoms with Crippen molar-refractivity contribution in [3.05, 3.63) is 0 Å². The van der Waals surface area contributed by atoms with E-state index in [0.717, 1.165) is 64.2 Å². The molecular formula is C20H34O4. The number of ether oxygens (including phenoxy) is 2. The molecule has 0 heterocycles. The van der Waals surface area contributed by atoms with Gasteiger partial charge in [0.05, 0.1) is 18.4 Å². The third-order valence-electron chi connectivity index (χ3n) is 5.66. The Labute approximate surface area is 146 Å². The quantitative estimate of drug-likeness (QED) is 0.501. The van der Waals surface area contributed by atoms with Crippen molar-refractivity contribution in [3.8, 4) is 0 Å². The van der Waals surface area contributed by atoms with Crippen molar-refractivity contribution in [1.82, 2.24) is 0 Å². The summed E-state index contributed by atoms with van der Waals surface area (Å²) in [5.41, 5.74) is 0. The molecule has 0 spiro atoms. The first-order valence-electron chi connectivity index (χ1n) is 10.0. The minimum Gasteiger partial charge on any atom is -0.465 e. The number of rotatable bonds is 7. The van der Waals surface area contributed by atoms with Gasteiger partial charge in [-0.15, -0.1) is 0 Å². The van der Waals surface area contributed by atoms with E-state index in [1.54, 1.807) is 0 Å². The van der Waals surface area contributed by atoms with Crippen LogP contribution in [0, 0.1) is 17.8 Å². The van der Waals surface area contributed by atoms with E-state index < -0.39 is 0 Å². The van der Waals surface area contributed by atoms with E-state index in [0.29, 0.717) is 12.5 Å². The molecule has 4 nitrogen and oxygen atoms in total. The fourth-order valence-electron chi connectivity index (χ4n) is 4.02. The minimum absolute atomic E-state index is 0.0365. The summed E-state index contributed by atoms with van der Waals surface area (Å²) in [6.07, 6.45) is 11.1. The lowest BCUT2D eigenvalue weighted by atomic mass is 9.79. The second kappa shape index (κ2) is 10.0. The van der Waals surface area contributed by atoms with Gasteiger partial charge >= 0.3 is 11.9 Å². The van der Waals surface area contributed by atoms with E-state index in [2.05, 4.69) is 13.8 Å². The van der Waals surface area contributed by atoms with Gasteiger partial charge in [0.15, 0.2) is 0 Å². The molecule has 0 bridgehead atoms. The highest BCUT2D eigenvalue weighted by atomic mass is 16.5. The molecule has 0 saturated heterocycles. The molecule has 4 heteroatoms. The molecule has 0 aromatic rings. The van der Waals surface area contributed by atoms with Gasteiger partial charge < -0.3 is 9.47 Å². The zero-order chi connectivity index (χ0) is 17.4. The molecule has 0 aliphatic heterocycles. The molecule has 138 valence electrons. The molecule has 2 saturated carbocycles. The summed E-state index contributed by atoms with van der Waals surface area (Å²) in [5.74, 6) is -0.516. The monoisotopic (exact) mass is 338 g/mol. The Hall–Kier alpha value is -1.06. The van der Waals surface area contributed by atoms with Crippen LogP contribution in [0.4, 0.5) is 0 Å². The number of carbonyl (C=O) groups excluding carboxylic acids is 2. The van der Waals surface area contributed by atoms with Gasteiger partial charge in [-0.1, -0.05) is 46.0 Å². The summed E-state index contributed by atoms with van der Waals surface area (Å²) in [7, 11) is 0. The van der Waals surface area contributed by atoms with Crippen molar-refractivity contribution >= 4 is 11.9 Å². The maximum absolute atomic E-state index is 12.7. The van der Waals surface area contributed by atoms with Gasteiger partial charge in [-0.05, 0) is 44.4 Å². The van der Waals surface area contributed by atoms with E-state index in [-0.39, 0.29) is 29.9 Å². The maximum Gasteiger partial charge on any atom is 0.310 e. The number of unbranched alkanes of at least 4 members (excludes halogenated alkanes) is 2. The van der Waals surface area contributed by atoms with Crippen molar-refractivity contribution in [2.24, 2.45) is 17.8 Å². The standard InChI is InChI=1S/C20H34O4/c1-3-4-9-14-23-19(21)16-11-6-7-12-17(16)20(22)24-18-13-8-5-10-15(18)2/h15-18H,3-14H2,1-2H3. The highest BCUT2D eigenvalue weighted by Crippen LogP contribution is 2.34. The van der Waals surface area contributed by atoms with Gasteiger partial charge in [-0.25, -0.2) is 0 Å². The normalized spacial score (nSPS) is 30.6. The Morgan fingerprint density at radius 1 is 0.875 bits per heavy atom. The third-order valence-corrected chi connectivity index (χ3v) is 5.66. The van der Waals surface area contributed by atoms with Crippen LogP contribution in [-0.4, -0.2) is 24.6 Å². The first-order valence-corrected chi connectivity index (χ1v) is 10.0. The van der Waals surface area contributed by atoms with Gasteiger partial charge in [-0.3, -0.25) is 9.59 Å². The highest BCUT2D eigenvalue weighted by Gasteiger charge is 2.39. The van der Waals surface area contributed by atoms with Crippen LogP contribution in [0.15, 0.2) is 0 Å². The van der Waals surface area contributed by atoms with Gasteiger partial charge in [0.2, 0.25) is 0 Å². The molecule has 4 atom stereocenters. The van der Waals surface area contributed by atoms with Crippen LogP contribution in [0.3, 0.4) is 0 Å². The topological polar surface area (TPSA) is 52.6 Å². The predicted octanol–water partition coefficient (Wildman–Crippen LogP) is 4.65. The van der Waals surface area contributed by atoms with Gasteiger partial charge in [-0.2, -0.15) is 0 Å². The lowest BCUT2D eigenvalue weighted by Crippen LogP contribution is -2.38. The smallest absolute Gasteiger partial charge is 0.310 e. The lowest BCUT2D eigenvalue weighted by Gasteiger charge is -2.33. The van der Waals surface area contributed by atoms with Crippen molar-refractivity contribution in [1.29, 1.82) is 0 Å². The first-order chi connectivity index (χ1) is 11.6. The summed E-state index contributed by atoms with van der Waals surface area (Å²) >= 11 is 0. The largest absolute Gasteiger partial charge is 0.465 e. The summed E-state index contributed by atoms with van der Waals surface area (Å²) in [4.78, 5) is 25.1. The Kier molecular flexibility index (Phi) is 8.07. The van der Waals surface area contributed by atoms with Gasteiger partial charge in [0.25, 0.3) is 0 Å². The number of hydrogen-bond acceptors (Lipinski definition) is 4. The van der Waals surface area contributed by atoms with Crippen molar-refractivity contribution in [3.63, 3.8) is 0 Å². The lowest BCUT2D eigenvalue weighted by molar-refractivity contribution is -0.168. The number of esters is 2. The highest BCUT2D eigenvalue weighted by molar-refractivity contribution is 5.82. The molecular weight excluding hydrogens is 304 g/mol. The first kappa shape index (κ1) is 19.3. The number of carbonyl (C=O) groups is 2. The molecule has 0 amide bonds. The predicted molar refractivity (Wildman–Crippen MR) is 93.4 cm³/mol. The molecule has 2 fully saturated rings. The van der Waals surface area contributed by atoms with Crippen LogP contribution < -0.4 is 0 Å². The van der Waals surface area contributed by atoms with E-state index in [9.17, 15) is 9.59 Å². The van der Waals surface area contributed by atoms with Gasteiger partial charge in [0.1, 0.15) is 6.10 Å². The Bertz CT molecular complexity index is 406. The van der Waals surface area contributed by atoms with E-state index >= 15 is 0 Å². The van der Waals surface area contributed by atoms with Crippen molar-refractivity contribution in [2.45, 2.75) is 90.6 Å². The fraction of sp³-hybridized carbons (Fsp3) is 0.900. The Balaban J connectivity index is 1.87. The fourth-order valence-corrected chi connectivity index (χ4v) is 4.02. The van der Waals surface area contributed by atoms with Crippen LogP contribution in [0.1, 0.15) is 84.5 Å². The van der Waals surface area contributed by atoms with Crippen molar-refractivity contribution < 1.29 is 19.1 Å². The van der Waals surface area contributed by atoms with E-state index in [1.807, 2.05) is 0 Å². The Morgan fingerprint density at radius 2 is 1.50 bits per heavy atom. The molecule has 0 aromatic carbocycles. The Morgan fingerprint density at radius 3 is 2.17 bits per heavy atom. The molecule has 0 radical (unpaired) electrons. The summed E-state index contributed by atoms with van der Waals surface area (Å²) in [5, 5.41) is 0. The average Bonchev–Trinajstić information content (AvgIpc) is 2.60. The second-order valence-electron chi connectivity index (χ2n) is 7.61. The molecule has 2 aliphatic carbocycles. The maximum atomic E-state index is 12.7. The zero-order valence-corrected chi connectivity index (χ0v) is 15.4. The van der Waals surface area contributed by atoms with Crippen LogP contribution in [0.5, 0.6) is 0 Å².